The van der Waals surface area contributed by atoms with Crippen LogP contribution in [0.1, 0.15) is 12.5 Å². The van der Waals surface area contributed by atoms with Gasteiger partial charge in [0, 0.05) is 5.69 Å². The van der Waals surface area contributed by atoms with Crippen LogP contribution in [0.5, 0.6) is 0 Å². The Morgan fingerprint density at radius 2 is 1.60 bits per heavy atom. The van der Waals surface area contributed by atoms with Crippen LogP contribution in [0.3, 0.4) is 0 Å². The molecular weight excluding hydrogens is 443 g/mol. The first-order valence-corrected chi connectivity index (χ1v) is 11.4. The molecule has 8 heteroatoms. The smallest absolute Gasteiger partial charge is 0.264 e. The topological polar surface area (TPSA) is 66.5 Å². The molecule has 0 fully saturated rings. The number of aryl methyl sites for hydroxylation is 1. The molecule has 0 saturated heterocycles. The highest BCUT2D eigenvalue weighted by atomic mass is 35.5. The lowest BCUT2D eigenvalue weighted by Gasteiger charge is -2.24. The number of halogens is 2. The Kier molecular flexibility index (Phi) is 7.02. The van der Waals surface area contributed by atoms with Gasteiger partial charge in [-0.15, -0.1) is 0 Å². The van der Waals surface area contributed by atoms with E-state index in [4.69, 9.17) is 23.2 Å². The molecule has 0 aliphatic heterocycles. The highest BCUT2D eigenvalue weighted by molar-refractivity contribution is 7.92. The third-order valence-corrected chi connectivity index (χ3v) is 7.01. The predicted octanol–water partition coefficient (Wildman–Crippen LogP) is 5.39. The Morgan fingerprint density at radius 1 is 0.933 bits per heavy atom. The van der Waals surface area contributed by atoms with Gasteiger partial charge in [0.2, 0.25) is 5.91 Å². The molecule has 0 aliphatic carbocycles. The molecule has 3 aromatic rings. The fourth-order valence-corrected chi connectivity index (χ4v) is 4.67. The van der Waals surface area contributed by atoms with Gasteiger partial charge in [-0.2, -0.15) is 0 Å². The van der Waals surface area contributed by atoms with Gasteiger partial charge in [-0.05, 0) is 48.4 Å². The highest BCUT2D eigenvalue weighted by Crippen LogP contribution is 2.30. The number of hydrogen-bond donors (Lipinski definition) is 1. The van der Waals surface area contributed by atoms with E-state index in [1.54, 1.807) is 24.3 Å². The number of benzene rings is 3. The maximum Gasteiger partial charge on any atom is 0.264 e. The average Bonchev–Trinajstić information content (AvgIpc) is 2.75. The zero-order chi connectivity index (χ0) is 21.7. The number of nitrogens with one attached hydrogen (secondary N) is 1. The molecule has 0 heterocycles. The normalized spacial score (nSPS) is 11.2. The molecule has 3 aromatic carbocycles. The van der Waals surface area contributed by atoms with E-state index in [1.165, 1.54) is 30.3 Å². The van der Waals surface area contributed by atoms with Crippen molar-refractivity contribution in [1.82, 2.24) is 0 Å². The lowest BCUT2D eigenvalue weighted by atomic mass is 10.1. The first-order valence-electron chi connectivity index (χ1n) is 9.23. The second-order valence-electron chi connectivity index (χ2n) is 6.48. The van der Waals surface area contributed by atoms with E-state index in [9.17, 15) is 13.2 Å². The molecule has 0 bridgehead atoms. The molecule has 0 atom stereocenters. The predicted molar refractivity (Wildman–Crippen MR) is 122 cm³/mol. The van der Waals surface area contributed by atoms with Crippen molar-refractivity contribution in [2.45, 2.75) is 18.2 Å². The summed E-state index contributed by atoms with van der Waals surface area (Å²) in [7, 11) is -4.02. The van der Waals surface area contributed by atoms with E-state index in [1.807, 2.05) is 25.1 Å². The number of para-hydroxylation sites is 1. The highest BCUT2D eigenvalue weighted by Gasteiger charge is 2.27. The van der Waals surface area contributed by atoms with Gasteiger partial charge in [-0.1, -0.05) is 66.5 Å². The van der Waals surface area contributed by atoms with Crippen LogP contribution in [-0.4, -0.2) is 20.9 Å². The summed E-state index contributed by atoms with van der Waals surface area (Å²) >= 11 is 12.1. The van der Waals surface area contributed by atoms with Crippen molar-refractivity contribution in [3.63, 3.8) is 0 Å². The van der Waals surface area contributed by atoms with Crippen LogP contribution >= 0.6 is 23.2 Å². The van der Waals surface area contributed by atoms with Crippen LogP contribution < -0.4 is 9.62 Å². The quantitative estimate of drug-likeness (QED) is 0.511. The van der Waals surface area contributed by atoms with Crippen LogP contribution in [0, 0.1) is 0 Å². The van der Waals surface area contributed by atoms with Crippen LogP contribution in [0.15, 0.2) is 77.7 Å². The summed E-state index contributed by atoms with van der Waals surface area (Å²) in [5, 5.41) is 3.29. The summed E-state index contributed by atoms with van der Waals surface area (Å²) in [6.07, 6.45) is 0.731. The van der Waals surface area contributed by atoms with Gasteiger partial charge in [0.05, 0.1) is 20.6 Å². The first kappa shape index (κ1) is 22.2. The van der Waals surface area contributed by atoms with E-state index in [-0.39, 0.29) is 15.6 Å². The summed E-state index contributed by atoms with van der Waals surface area (Å²) < 4.78 is 27.6. The third kappa shape index (κ3) is 4.95. The monoisotopic (exact) mass is 462 g/mol. The molecule has 0 unspecified atom stereocenters. The second-order valence-corrected chi connectivity index (χ2v) is 9.16. The maximum absolute atomic E-state index is 13.3. The molecule has 156 valence electrons. The van der Waals surface area contributed by atoms with E-state index >= 15 is 0 Å². The van der Waals surface area contributed by atoms with Crippen molar-refractivity contribution in [2.24, 2.45) is 0 Å². The van der Waals surface area contributed by atoms with E-state index in [0.717, 1.165) is 16.3 Å². The molecule has 3 rings (SSSR count). The Hall–Kier alpha value is -2.54. The van der Waals surface area contributed by atoms with Gasteiger partial charge >= 0.3 is 0 Å². The number of nitrogens with zero attached hydrogens (tertiary/aromatic N) is 1. The van der Waals surface area contributed by atoms with E-state index in [2.05, 4.69) is 5.32 Å². The van der Waals surface area contributed by atoms with Gasteiger partial charge in [-0.25, -0.2) is 8.42 Å². The number of carbonyl (C=O) groups excluding carboxylic acids is 1. The molecule has 0 spiro atoms. The number of hydrogen-bond acceptors (Lipinski definition) is 3. The van der Waals surface area contributed by atoms with Crippen molar-refractivity contribution in [2.75, 3.05) is 16.2 Å². The summed E-state index contributed by atoms with van der Waals surface area (Å²) in [4.78, 5) is 12.9. The molecule has 0 radical (unpaired) electrons. The number of rotatable bonds is 7. The van der Waals surface area contributed by atoms with E-state index < -0.39 is 22.5 Å². The van der Waals surface area contributed by atoms with Gasteiger partial charge in [0.1, 0.15) is 6.54 Å². The summed E-state index contributed by atoms with van der Waals surface area (Å²) in [6, 6.07) is 19.7. The van der Waals surface area contributed by atoms with Gasteiger partial charge in [-0.3, -0.25) is 9.10 Å². The molecule has 0 aromatic heterocycles. The molecule has 0 saturated carbocycles. The average molecular weight is 463 g/mol. The standard InChI is InChI=1S/C22H20Cl2N2O3S/c1-2-16-8-6-7-11-21(16)25-22(27)15-26(17-12-13-19(23)20(24)14-17)30(28,29)18-9-4-3-5-10-18/h3-14H,2,15H2,1H3,(H,25,27). The van der Waals surface area contributed by atoms with Crippen molar-refractivity contribution in [3.8, 4) is 0 Å². The third-order valence-electron chi connectivity index (χ3n) is 4.48. The van der Waals surface area contributed by atoms with Crippen LogP contribution in [-0.2, 0) is 21.2 Å². The fourth-order valence-electron chi connectivity index (χ4n) is 2.95. The zero-order valence-corrected chi connectivity index (χ0v) is 18.5. The van der Waals surface area contributed by atoms with Crippen molar-refractivity contribution < 1.29 is 13.2 Å². The largest absolute Gasteiger partial charge is 0.324 e. The summed E-state index contributed by atoms with van der Waals surface area (Å²) in [5.74, 6) is -0.471. The zero-order valence-electron chi connectivity index (χ0n) is 16.2. The minimum Gasteiger partial charge on any atom is -0.324 e. The number of sulfonamides is 1. The minimum absolute atomic E-state index is 0.0674. The van der Waals surface area contributed by atoms with Crippen LogP contribution in [0.2, 0.25) is 10.0 Å². The lowest BCUT2D eigenvalue weighted by Crippen LogP contribution is -2.38. The van der Waals surface area contributed by atoms with Gasteiger partial charge < -0.3 is 5.32 Å². The molecule has 0 aliphatic rings. The molecule has 1 amide bonds. The van der Waals surface area contributed by atoms with Crippen molar-refractivity contribution in [1.29, 1.82) is 0 Å². The SMILES string of the molecule is CCc1ccccc1NC(=O)CN(c1ccc(Cl)c(Cl)c1)S(=O)(=O)c1ccccc1. The minimum atomic E-state index is -4.02. The molecular formula is C22H20Cl2N2O3S. The van der Waals surface area contributed by atoms with Crippen LogP contribution in [0.25, 0.3) is 0 Å². The fraction of sp³-hybridized carbons (Fsp3) is 0.136. The summed E-state index contributed by atoms with van der Waals surface area (Å²) in [6.45, 7) is 1.56. The number of amides is 1. The van der Waals surface area contributed by atoms with Crippen molar-refractivity contribution in [3.05, 3.63) is 88.4 Å². The lowest BCUT2D eigenvalue weighted by molar-refractivity contribution is -0.114. The first-order chi connectivity index (χ1) is 14.3. The molecule has 1 N–H and O–H groups in total. The Labute approximate surface area is 186 Å². The van der Waals surface area contributed by atoms with Gasteiger partial charge in [0.15, 0.2) is 0 Å². The molecule has 5 nitrogen and oxygen atoms in total. The molecule has 30 heavy (non-hydrogen) atoms. The maximum atomic E-state index is 13.3. The van der Waals surface area contributed by atoms with Gasteiger partial charge in [0.25, 0.3) is 10.0 Å². The Bertz CT molecular complexity index is 1150. The Morgan fingerprint density at radius 3 is 2.27 bits per heavy atom. The number of anilines is 2. The number of carbonyl (C=O) groups is 1. The second kappa shape index (κ2) is 9.51. The Balaban J connectivity index is 1.97. The van der Waals surface area contributed by atoms with Crippen LogP contribution in [0.4, 0.5) is 11.4 Å². The van der Waals surface area contributed by atoms with Crippen molar-refractivity contribution >= 4 is 50.5 Å². The summed E-state index contributed by atoms with van der Waals surface area (Å²) in [5.41, 5.74) is 1.85. The van der Waals surface area contributed by atoms with E-state index in [0.29, 0.717) is 10.7 Å².